The van der Waals surface area contributed by atoms with Crippen LogP contribution in [-0.2, 0) is 9.47 Å². The standard InChI is InChI=1S/C12H15N5O3/c1-2-19-4-8-7(18)3-9(20-8)17-6-16-10-11(13)14-5-15-12(10)17/h2,5-9,18H,1,3-4H2,(H2,13,14,15)/t7-,8+,9+/m0/s1. The molecule has 1 aliphatic rings. The Morgan fingerprint density at radius 1 is 1.55 bits per heavy atom. The van der Waals surface area contributed by atoms with Gasteiger partial charge in [-0.25, -0.2) is 15.0 Å². The summed E-state index contributed by atoms with van der Waals surface area (Å²) in [6.45, 7) is 3.72. The van der Waals surface area contributed by atoms with Gasteiger partial charge >= 0.3 is 0 Å². The second kappa shape index (κ2) is 5.06. The summed E-state index contributed by atoms with van der Waals surface area (Å²) in [6, 6.07) is 0. The number of hydrogen-bond donors (Lipinski definition) is 2. The van der Waals surface area contributed by atoms with Crippen molar-refractivity contribution in [1.29, 1.82) is 0 Å². The summed E-state index contributed by atoms with van der Waals surface area (Å²) in [5.74, 6) is 0.318. The number of nitrogen functional groups attached to an aromatic ring is 1. The lowest BCUT2D eigenvalue weighted by Crippen LogP contribution is -2.25. The van der Waals surface area contributed by atoms with E-state index < -0.39 is 12.2 Å². The zero-order valence-electron chi connectivity index (χ0n) is 10.7. The highest BCUT2D eigenvalue weighted by Gasteiger charge is 2.36. The van der Waals surface area contributed by atoms with Gasteiger partial charge in [-0.1, -0.05) is 6.58 Å². The lowest BCUT2D eigenvalue weighted by atomic mass is 10.2. The van der Waals surface area contributed by atoms with E-state index in [1.54, 1.807) is 10.9 Å². The molecule has 0 bridgehead atoms. The van der Waals surface area contributed by atoms with Crippen molar-refractivity contribution in [3.63, 3.8) is 0 Å². The first-order valence-corrected chi connectivity index (χ1v) is 6.19. The first kappa shape index (κ1) is 12.8. The van der Waals surface area contributed by atoms with Gasteiger partial charge in [0, 0.05) is 6.42 Å². The Hall–Kier alpha value is -2.19. The minimum atomic E-state index is -0.614. The third-order valence-corrected chi connectivity index (χ3v) is 3.28. The van der Waals surface area contributed by atoms with Crippen LogP contribution >= 0.6 is 0 Å². The molecule has 20 heavy (non-hydrogen) atoms. The summed E-state index contributed by atoms with van der Waals surface area (Å²) in [4.78, 5) is 12.2. The number of aliphatic hydroxyl groups excluding tert-OH is 1. The minimum absolute atomic E-state index is 0.255. The van der Waals surface area contributed by atoms with Gasteiger partial charge in [0.25, 0.3) is 0 Å². The second-order valence-electron chi connectivity index (χ2n) is 4.52. The van der Waals surface area contributed by atoms with Crippen molar-refractivity contribution in [2.75, 3.05) is 12.3 Å². The Labute approximate surface area is 114 Å². The Morgan fingerprint density at radius 3 is 3.20 bits per heavy atom. The quantitative estimate of drug-likeness (QED) is 0.769. The topological polar surface area (TPSA) is 108 Å². The van der Waals surface area contributed by atoms with Crippen molar-refractivity contribution >= 4 is 17.0 Å². The van der Waals surface area contributed by atoms with Gasteiger partial charge in [0.1, 0.15) is 30.8 Å². The predicted molar refractivity (Wildman–Crippen MR) is 70.4 cm³/mol. The Balaban J connectivity index is 1.85. The second-order valence-corrected chi connectivity index (χ2v) is 4.52. The average molecular weight is 277 g/mol. The number of anilines is 1. The van der Waals surface area contributed by atoms with E-state index in [0.29, 0.717) is 23.4 Å². The molecule has 0 spiro atoms. The molecule has 3 heterocycles. The molecule has 0 aromatic carbocycles. The molecule has 1 aliphatic heterocycles. The van der Waals surface area contributed by atoms with Crippen LogP contribution in [-0.4, -0.2) is 43.4 Å². The van der Waals surface area contributed by atoms with E-state index in [-0.39, 0.29) is 12.8 Å². The van der Waals surface area contributed by atoms with Crippen LogP contribution in [0.4, 0.5) is 5.82 Å². The van der Waals surface area contributed by atoms with Gasteiger partial charge in [0.15, 0.2) is 11.5 Å². The summed E-state index contributed by atoms with van der Waals surface area (Å²) in [7, 11) is 0. The molecule has 3 atom stereocenters. The minimum Gasteiger partial charge on any atom is -0.499 e. The van der Waals surface area contributed by atoms with Crippen LogP contribution in [0.15, 0.2) is 25.5 Å². The number of nitrogens with two attached hydrogens (primary N) is 1. The summed E-state index contributed by atoms with van der Waals surface area (Å²) >= 11 is 0. The number of fused-ring (bicyclic) bond motifs is 1. The monoisotopic (exact) mass is 277 g/mol. The molecule has 1 fully saturated rings. The fourth-order valence-corrected chi connectivity index (χ4v) is 2.28. The maximum atomic E-state index is 9.98. The summed E-state index contributed by atoms with van der Waals surface area (Å²) in [5, 5.41) is 9.98. The molecule has 2 aromatic heterocycles. The molecular formula is C12H15N5O3. The van der Waals surface area contributed by atoms with Gasteiger partial charge in [-0.2, -0.15) is 0 Å². The fraction of sp³-hybridized carbons (Fsp3) is 0.417. The van der Waals surface area contributed by atoms with Crippen LogP contribution in [0.3, 0.4) is 0 Å². The van der Waals surface area contributed by atoms with Crippen molar-refractivity contribution in [3.05, 3.63) is 25.5 Å². The number of hydrogen-bond acceptors (Lipinski definition) is 7. The van der Waals surface area contributed by atoms with Crippen molar-refractivity contribution in [1.82, 2.24) is 19.5 Å². The summed E-state index contributed by atoms with van der Waals surface area (Å²) < 4.78 is 12.6. The van der Waals surface area contributed by atoms with Gasteiger partial charge < -0.3 is 20.3 Å². The van der Waals surface area contributed by atoms with E-state index in [2.05, 4.69) is 21.5 Å². The number of imidazole rings is 1. The summed E-state index contributed by atoms with van der Waals surface area (Å²) in [5.41, 5.74) is 6.85. The zero-order valence-corrected chi connectivity index (χ0v) is 10.7. The molecule has 0 amide bonds. The molecule has 0 unspecified atom stereocenters. The molecule has 2 aromatic rings. The normalized spacial score (nSPS) is 25.9. The van der Waals surface area contributed by atoms with E-state index in [1.807, 2.05) is 0 Å². The Morgan fingerprint density at radius 2 is 2.40 bits per heavy atom. The maximum absolute atomic E-state index is 9.98. The first-order valence-electron chi connectivity index (χ1n) is 6.19. The van der Waals surface area contributed by atoms with Crippen LogP contribution in [0, 0.1) is 0 Å². The van der Waals surface area contributed by atoms with Gasteiger partial charge in [0.05, 0.1) is 18.7 Å². The Bertz CT molecular complexity index is 629. The van der Waals surface area contributed by atoms with E-state index >= 15 is 0 Å². The van der Waals surface area contributed by atoms with Gasteiger partial charge in [-0.05, 0) is 0 Å². The molecule has 3 N–H and O–H groups in total. The number of rotatable bonds is 4. The highest BCUT2D eigenvalue weighted by Crippen LogP contribution is 2.31. The van der Waals surface area contributed by atoms with Crippen molar-refractivity contribution in [2.24, 2.45) is 0 Å². The molecule has 3 rings (SSSR count). The Kier molecular flexibility index (Phi) is 3.25. The van der Waals surface area contributed by atoms with Crippen LogP contribution in [0.25, 0.3) is 11.2 Å². The number of aromatic nitrogens is 4. The first-order chi connectivity index (χ1) is 9.70. The average Bonchev–Trinajstić information content (AvgIpc) is 3.01. The van der Waals surface area contributed by atoms with Gasteiger partial charge in [-0.3, -0.25) is 4.57 Å². The molecule has 0 aliphatic carbocycles. The third-order valence-electron chi connectivity index (χ3n) is 3.28. The van der Waals surface area contributed by atoms with E-state index in [1.165, 1.54) is 12.6 Å². The predicted octanol–water partition coefficient (Wildman–Crippen LogP) is 0.217. The third kappa shape index (κ3) is 2.08. The lowest BCUT2D eigenvalue weighted by molar-refractivity contribution is -0.0458. The zero-order chi connectivity index (χ0) is 14.1. The fourth-order valence-electron chi connectivity index (χ4n) is 2.28. The maximum Gasteiger partial charge on any atom is 0.167 e. The largest absolute Gasteiger partial charge is 0.499 e. The molecule has 106 valence electrons. The van der Waals surface area contributed by atoms with Crippen molar-refractivity contribution < 1.29 is 14.6 Å². The molecule has 0 radical (unpaired) electrons. The van der Waals surface area contributed by atoms with Crippen LogP contribution < -0.4 is 5.73 Å². The number of nitrogens with zero attached hydrogens (tertiary/aromatic N) is 4. The van der Waals surface area contributed by atoms with Crippen LogP contribution in [0.1, 0.15) is 12.6 Å². The lowest BCUT2D eigenvalue weighted by Gasteiger charge is -2.15. The number of ether oxygens (including phenoxy) is 2. The van der Waals surface area contributed by atoms with Crippen LogP contribution in [0.2, 0.25) is 0 Å². The molecule has 1 saturated heterocycles. The van der Waals surface area contributed by atoms with E-state index in [9.17, 15) is 5.11 Å². The van der Waals surface area contributed by atoms with E-state index in [4.69, 9.17) is 15.2 Å². The highest BCUT2D eigenvalue weighted by molar-refractivity contribution is 5.81. The van der Waals surface area contributed by atoms with Gasteiger partial charge in [0.2, 0.25) is 0 Å². The SMILES string of the molecule is C=COC[C@H]1O[C@@H](n2cnc3c(N)ncnc32)C[C@@H]1O. The molecular weight excluding hydrogens is 262 g/mol. The van der Waals surface area contributed by atoms with Crippen LogP contribution in [0.5, 0.6) is 0 Å². The van der Waals surface area contributed by atoms with Gasteiger partial charge in [-0.15, -0.1) is 0 Å². The molecule has 0 saturated carbocycles. The number of aliphatic hydroxyl groups is 1. The summed E-state index contributed by atoms with van der Waals surface area (Å²) in [6.07, 6.45) is 3.34. The highest BCUT2D eigenvalue weighted by atomic mass is 16.6. The smallest absolute Gasteiger partial charge is 0.167 e. The van der Waals surface area contributed by atoms with Crippen molar-refractivity contribution in [3.8, 4) is 0 Å². The van der Waals surface area contributed by atoms with Crippen molar-refractivity contribution in [2.45, 2.75) is 24.9 Å². The van der Waals surface area contributed by atoms with E-state index in [0.717, 1.165) is 0 Å². The molecule has 8 nitrogen and oxygen atoms in total. The molecule has 8 heteroatoms.